The van der Waals surface area contributed by atoms with E-state index in [-0.39, 0.29) is 24.4 Å². The Balaban J connectivity index is -0.000000242. The monoisotopic (exact) mass is 633 g/mol. The highest BCUT2D eigenvalue weighted by atomic mass is 16.5. The van der Waals surface area contributed by atoms with Gasteiger partial charge in [0.15, 0.2) is 0 Å². The molecule has 8 heteroatoms. The minimum atomic E-state index is -0.247. The van der Waals surface area contributed by atoms with Crippen LogP contribution in [0.3, 0.4) is 0 Å². The number of ether oxygens (including phenoxy) is 4. The van der Waals surface area contributed by atoms with E-state index in [0.29, 0.717) is 75.8 Å². The van der Waals surface area contributed by atoms with Crippen LogP contribution in [0, 0.1) is 23.7 Å². The molecule has 0 fully saturated rings. The second kappa shape index (κ2) is 37.8. The van der Waals surface area contributed by atoms with Crippen LogP contribution < -0.4 is 0 Å². The molecule has 8 nitrogen and oxygen atoms in total. The first-order chi connectivity index (χ1) is 20.8. The van der Waals surface area contributed by atoms with Gasteiger partial charge in [-0.15, -0.1) is 26.3 Å². The minimum Gasteiger partial charge on any atom is -0.393 e. The molecule has 0 amide bonds. The third-order valence-corrected chi connectivity index (χ3v) is 6.81. The Morgan fingerprint density at radius 2 is 0.568 bits per heavy atom. The van der Waals surface area contributed by atoms with Crippen molar-refractivity contribution in [3.8, 4) is 0 Å². The van der Waals surface area contributed by atoms with E-state index in [9.17, 15) is 20.4 Å². The molecule has 4 N–H and O–H groups in total. The molecule has 44 heavy (non-hydrogen) atoms. The molecular weight excluding hydrogens is 560 g/mol. The Kier molecular flexibility index (Phi) is 42.6. The third kappa shape index (κ3) is 42.8. The molecule has 0 heterocycles. The predicted octanol–water partition coefficient (Wildman–Crippen LogP) is 6.38. The predicted molar refractivity (Wildman–Crippen MR) is 186 cm³/mol. The molecular formula is C36H72O8. The maximum Gasteiger partial charge on any atom is 0.0567 e. The highest BCUT2D eigenvalue weighted by Gasteiger charge is 2.09. The van der Waals surface area contributed by atoms with E-state index in [0.717, 1.165) is 25.7 Å². The molecule has 0 spiro atoms. The first-order valence-corrected chi connectivity index (χ1v) is 16.0. The van der Waals surface area contributed by atoms with Gasteiger partial charge in [0.05, 0.1) is 24.4 Å². The molecule has 0 aromatic carbocycles. The number of aliphatic hydroxyl groups excluding tert-OH is 4. The van der Waals surface area contributed by atoms with Crippen LogP contribution in [-0.4, -0.2) is 99.7 Å². The standard InChI is InChI=1S/4C9H18O2/c4*1-4-8(2)7-9(10)5-6-11-3/h4*4,8-10H,1,5-7H2,2-3H3/t2*8-,9+;2*8-,9-/m1010/s1. The van der Waals surface area contributed by atoms with Crippen LogP contribution in [0.5, 0.6) is 0 Å². The van der Waals surface area contributed by atoms with Gasteiger partial charge in [-0.2, -0.15) is 0 Å². The molecule has 264 valence electrons. The first kappa shape index (κ1) is 49.5. The van der Waals surface area contributed by atoms with Crippen molar-refractivity contribution >= 4 is 0 Å². The topological polar surface area (TPSA) is 118 Å². The molecule has 0 aromatic rings. The summed E-state index contributed by atoms with van der Waals surface area (Å²) in [5.74, 6) is 1.56. The zero-order valence-electron chi connectivity index (χ0n) is 29.7. The van der Waals surface area contributed by atoms with Gasteiger partial charge in [0, 0.05) is 54.9 Å². The maximum atomic E-state index is 9.35. The van der Waals surface area contributed by atoms with Crippen molar-refractivity contribution in [3.05, 3.63) is 50.6 Å². The van der Waals surface area contributed by atoms with Crippen molar-refractivity contribution in [2.75, 3.05) is 54.9 Å². The summed E-state index contributed by atoms with van der Waals surface area (Å²) >= 11 is 0. The van der Waals surface area contributed by atoms with E-state index in [1.165, 1.54) is 0 Å². The van der Waals surface area contributed by atoms with Gasteiger partial charge in [-0.1, -0.05) is 52.0 Å². The second-order valence-corrected chi connectivity index (χ2v) is 11.5. The van der Waals surface area contributed by atoms with Crippen LogP contribution in [0.15, 0.2) is 50.6 Å². The molecule has 0 unspecified atom stereocenters. The molecule has 0 aliphatic heterocycles. The summed E-state index contributed by atoms with van der Waals surface area (Å²) in [5, 5.41) is 37.4. The smallest absolute Gasteiger partial charge is 0.0567 e. The molecule has 0 saturated carbocycles. The van der Waals surface area contributed by atoms with Crippen molar-refractivity contribution in [1.82, 2.24) is 0 Å². The lowest BCUT2D eigenvalue weighted by molar-refractivity contribution is 0.0971. The number of methoxy groups -OCH3 is 4. The van der Waals surface area contributed by atoms with Gasteiger partial charge >= 0.3 is 0 Å². The number of aliphatic hydroxyl groups is 4. The molecule has 0 aliphatic rings. The fourth-order valence-corrected chi connectivity index (χ4v) is 3.59. The number of hydrogen-bond acceptors (Lipinski definition) is 8. The number of allylic oxidation sites excluding steroid dienone is 4. The zero-order valence-corrected chi connectivity index (χ0v) is 29.7. The van der Waals surface area contributed by atoms with Crippen molar-refractivity contribution in [2.45, 2.75) is 103 Å². The molecule has 0 rings (SSSR count). The lowest BCUT2D eigenvalue weighted by Gasteiger charge is -2.12. The van der Waals surface area contributed by atoms with Crippen molar-refractivity contribution in [1.29, 1.82) is 0 Å². The van der Waals surface area contributed by atoms with Crippen LogP contribution in [0.25, 0.3) is 0 Å². The second-order valence-electron chi connectivity index (χ2n) is 11.5. The quantitative estimate of drug-likeness (QED) is 0.0906. The Bertz CT molecular complexity index is 511. The number of hydrogen-bond donors (Lipinski definition) is 4. The molecule has 0 saturated heterocycles. The average molecular weight is 633 g/mol. The normalized spacial score (nSPS) is 15.9. The maximum absolute atomic E-state index is 9.35. The van der Waals surface area contributed by atoms with Gasteiger partial charge in [-0.3, -0.25) is 0 Å². The largest absolute Gasteiger partial charge is 0.393 e. The van der Waals surface area contributed by atoms with Gasteiger partial charge in [0.1, 0.15) is 0 Å². The zero-order chi connectivity index (χ0) is 34.8. The van der Waals surface area contributed by atoms with Crippen molar-refractivity contribution in [3.63, 3.8) is 0 Å². The highest BCUT2D eigenvalue weighted by Crippen LogP contribution is 2.11. The molecule has 0 bridgehead atoms. The summed E-state index contributed by atoms with van der Waals surface area (Å²) in [7, 11) is 6.57. The van der Waals surface area contributed by atoms with Crippen LogP contribution in [-0.2, 0) is 18.9 Å². The summed E-state index contributed by atoms with van der Waals surface area (Å²) < 4.78 is 19.4. The molecule has 0 aliphatic carbocycles. The lowest BCUT2D eigenvalue weighted by atomic mass is 10.0. The van der Waals surface area contributed by atoms with Crippen molar-refractivity contribution in [2.24, 2.45) is 23.7 Å². The Morgan fingerprint density at radius 3 is 0.682 bits per heavy atom. The van der Waals surface area contributed by atoms with Gasteiger partial charge in [-0.25, -0.2) is 0 Å². The van der Waals surface area contributed by atoms with Crippen molar-refractivity contribution < 1.29 is 39.4 Å². The summed E-state index contributed by atoms with van der Waals surface area (Å²) in [5.41, 5.74) is 0. The number of rotatable bonds is 24. The van der Waals surface area contributed by atoms with E-state index in [1.54, 1.807) is 28.4 Å². The van der Waals surface area contributed by atoms with Crippen LogP contribution >= 0.6 is 0 Å². The highest BCUT2D eigenvalue weighted by molar-refractivity contribution is 4.79. The van der Waals surface area contributed by atoms with Crippen LogP contribution in [0.2, 0.25) is 0 Å². The Morgan fingerprint density at radius 1 is 0.409 bits per heavy atom. The van der Waals surface area contributed by atoms with Crippen LogP contribution in [0.1, 0.15) is 79.1 Å². The SMILES string of the molecule is C=C[C@@H](C)C[C@@H](O)CCOC.C=C[C@@H](C)C[C@H](O)CCOC.C=C[C@H](C)C[C@@H](O)CCOC.C=C[C@H](C)C[C@H](O)CCOC. The summed E-state index contributed by atoms with van der Waals surface area (Å²) in [6, 6.07) is 0. The van der Waals surface area contributed by atoms with E-state index < -0.39 is 0 Å². The Hall–Kier alpha value is -1.36. The molecule has 0 radical (unpaired) electrons. The first-order valence-electron chi connectivity index (χ1n) is 16.0. The average Bonchev–Trinajstić information content (AvgIpc) is 3.01. The lowest BCUT2D eigenvalue weighted by Crippen LogP contribution is -2.12. The van der Waals surface area contributed by atoms with Gasteiger partial charge in [-0.05, 0) is 75.0 Å². The van der Waals surface area contributed by atoms with E-state index >= 15 is 0 Å². The fraction of sp³-hybridized carbons (Fsp3) is 0.778. The summed E-state index contributed by atoms with van der Waals surface area (Å²) in [4.78, 5) is 0. The molecule has 8 atom stereocenters. The van der Waals surface area contributed by atoms with Gasteiger partial charge < -0.3 is 39.4 Å². The minimum absolute atomic E-state index is 0.247. The third-order valence-electron chi connectivity index (χ3n) is 6.81. The fourth-order valence-electron chi connectivity index (χ4n) is 3.59. The van der Waals surface area contributed by atoms with Gasteiger partial charge in [0.2, 0.25) is 0 Å². The van der Waals surface area contributed by atoms with Crippen LogP contribution in [0.4, 0.5) is 0 Å². The van der Waals surface area contributed by atoms with Gasteiger partial charge in [0.25, 0.3) is 0 Å². The molecule has 0 aromatic heterocycles. The van der Waals surface area contributed by atoms with E-state index in [2.05, 4.69) is 26.3 Å². The summed E-state index contributed by atoms with van der Waals surface area (Å²) in [6.45, 7) is 25.3. The van der Waals surface area contributed by atoms with E-state index in [1.807, 2.05) is 52.0 Å². The van der Waals surface area contributed by atoms with E-state index in [4.69, 9.17) is 18.9 Å². The Labute approximate surface area is 271 Å². The summed E-state index contributed by atoms with van der Waals surface area (Å²) in [6.07, 6.45) is 12.4.